The van der Waals surface area contributed by atoms with Gasteiger partial charge in [-0.25, -0.2) is 4.68 Å². The minimum absolute atomic E-state index is 0.129. The lowest BCUT2D eigenvalue weighted by Crippen LogP contribution is -2.19. The number of hydrogen-bond acceptors (Lipinski definition) is 4. The van der Waals surface area contributed by atoms with Crippen LogP contribution in [0.5, 0.6) is 0 Å². The lowest BCUT2D eigenvalue weighted by atomic mass is 10.1. The zero-order valence-electron chi connectivity index (χ0n) is 11.5. The van der Waals surface area contributed by atoms with Gasteiger partial charge in [-0.15, -0.1) is 5.10 Å². The number of aromatic nitrogens is 3. The molecule has 0 saturated heterocycles. The molecular weight excluding hydrogens is 254 g/mol. The second-order valence-corrected chi connectivity index (χ2v) is 4.61. The first-order chi connectivity index (χ1) is 9.71. The molecule has 1 amide bonds. The number of carbonyl (C=O) groups excluding carboxylic acids is 1. The summed E-state index contributed by atoms with van der Waals surface area (Å²) >= 11 is 0. The molecule has 6 heteroatoms. The van der Waals surface area contributed by atoms with E-state index in [-0.39, 0.29) is 12.5 Å². The van der Waals surface area contributed by atoms with E-state index >= 15 is 0 Å². The van der Waals surface area contributed by atoms with Crippen LogP contribution in [0.15, 0.2) is 30.5 Å². The third-order valence-corrected chi connectivity index (χ3v) is 2.88. The van der Waals surface area contributed by atoms with Crippen LogP contribution in [-0.2, 0) is 24.3 Å². The molecule has 2 aromatic rings. The molecule has 0 radical (unpaired) electrons. The van der Waals surface area contributed by atoms with Crippen LogP contribution in [0.3, 0.4) is 0 Å². The van der Waals surface area contributed by atoms with Gasteiger partial charge in [0.05, 0.1) is 11.9 Å². The molecule has 1 aromatic carbocycles. The van der Waals surface area contributed by atoms with Crippen LogP contribution in [0, 0.1) is 0 Å². The first-order valence-corrected chi connectivity index (χ1v) is 6.69. The van der Waals surface area contributed by atoms with E-state index in [0.29, 0.717) is 12.2 Å². The Morgan fingerprint density at radius 3 is 2.70 bits per heavy atom. The third-order valence-electron chi connectivity index (χ3n) is 2.88. The van der Waals surface area contributed by atoms with Crippen LogP contribution in [0.4, 0.5) is 5.69 Å². The van der Waals surface area contributed by atoms with E-state index in [2.05, 4.69) is 22.6 Å². The standard InChI is InChI=1S/C14H19N5O/c1-2-3-11-4-6-12(7-5-11)16-14(20)10-19-9-13(8-15)17-18-19/h4-7,9H,2-3,8,10,15H2,1H3,(H,16,20). The number of benzene rings is 1. The fourth-order valence-electron chi connectivity index (χ4n) is 1.90. The van der Waals surface area contributed by atoms with Gasteiger partial charge in [0.1, 0.15) is 6.54 Å². The molecule has 0 unspecified atom stereocenters. The molecule has 0 fully saturated rings. The van der Waals surface area contributed by atoms with Crippen molar-refractivity contribution in [2.75, 3.05) is 5.32 Å². The molecule has 0 saturated carbocycles. The van der Waals surface area contributed by atoms with Crippen molar-refractivity contribution in [3.05, 3.63) is 41.7 Å². The van der Waals surface area contributed by atoms with Crippen LogP contribution in [0.25, 0.3) is 0 Å². The number of anilines is 1. The maximum atomic E-state index is 11.9. The van der Waals surface area contributed by atoms with Gasteiger partial charge in [0, 0.05) is 12.2 Å². The van der Waals surface area contributed by atoms with Gasteiger partial charge in [0.15, 0.2) is 0 Å². The third kappa shape index (κ3) is 3.89. The Labute approximate surface area is 118 Å². The summed E-state index contributed by atoms with van der Waals surface area (Å²) in [6.45, 7) is 2.59. The minimum atomic E-state index is -0.137. The fraction of sp³-hybridized carbons (Fsp3) is 0.357. The molecular formula is C14H19N5O. The quantitative estimate of drug-likeness (QED) is 0.831. The first kappa shape index (κ1) is 14.2. The van der Waals surface area contributed by atoms with Crippen LogP contribution in [0.2, 0.25) is 0 Å². The van der Waals surface area contributed by atoms with E-state index in [1.54, 1.807) is 6.20 Å². The number of aryl methyl sites for hydroxylation is 1. The van der Waals surface area contributed by atoms with E-state index in [4.69, 9.17) is 5.73 Å². The average molecular weight is 273 g/mol. The number of rotatable bonds is 6. The number of nitrogens with zero attached hydrogens (tertiary/aromatic N) is 3. The molecule has 1 aromatic heterocycles. The van der Waals surface area contributed by atoms with Gasteiger partial charge in [-0.1, -0.05) is 30.7 Å². The van der Waals surface area contributed by atoms with Gasteiger partial charge < -0.3 is 11.1 Å². The maximum absolute atomic E-state index is 11.9. The molecule has 1 heterocycles. The Kier molecular flexibility index (Phi) is 4.84. The van der Waals surface area contributed by atoms with Crippen molar-refractivity contribution in [3.8, 4) is 0 Å². The van der Waals surface area contributed by atoms with Crippen molar-refractivity contribution in [1.82, 2.24) is 15.0 Å². The number of carbonyl (C=O) groups is 1. The molecule has 0 spiro atoms. The van der Waals surface area contributed by atoms with E-state index in [1.165, 1.54) is 10.2 Å². The normalized spacial score (nSPS) is 10.5. The maximum Gasteiger partial charge on any atom is 0.246 e. The summed E-state index contributed by atoms with van der Waals surface area (Å²) in [6.07, 6.45) is 3.83. The highest BCUT2D eigenvalue weighted by Gasteiger charge is 2.06. The molecule has 0 aliphatic carbocycles. The fourth-order valence-corrected chi connectivity index (χ4v) is 1.90. The second kappa shape index (κ2) is 6.81. The molecule has 106 valence electrons. The van der Waals surface area contributed by atoms with E-state index in [1.807, 2.05) is 24.3 Å². The molecule has 3 N–H and O–H groups in total. The summed E-state index contributed by atoms with van der Waals surface area (Å²) in [5.41, 5.74) is 8.17. The van der Waals surface area contributed by atoms with Gasteiger partial charge in [-0.2, -0.15) is 0 Å². The number of nitrogens with two attached hydrogens (primary N) is 1. The lowest BCUT2D eigenvalue weighted by Gasteiger charge is -2.06. The van der Waals surface area contributed by atoms with Gasteiger partial charge in [0.25, 0.3) is 0 Å². The summed E-state index contributed by atoms with van der Waals surface area (Å²) in [4.78, 5) is 11.9. The number of amides is 1. The van der Waals surface area contributed by atoms with Crippen molar-refractivity contribution >= 4 is 11.6 Å². The molecule has 20 heavy (non-hydrogen) atoms. The zero-order chi connectivity index (χ0) is 14.4. The van der Waals surface area contributed by atoms with Gasteiger partial charge in [0.2, 0.25) is 5.91 Å². The number of nitrogens with one attached hydrogen (secondary N) is 1. The first-order valence-electron chi connectivity index (χ1n) is 6.69. The van der Waals surface area contributed by atoms with Crippen molar-refractivity contribution in [1.29, 1.82) is 0 Å². The largest absolute Gasteiger partial charge is 0.325 e. The smallest absolute Gasteiger partial charge is 0.246 e. The summed E-state index contributed by atoms with van der Waals surface area (Å²) < 4.78 is 1.48. The summed E-state index contributed by atoms with van der Waals surface area (Å²) in [6, 6.07) is 7.88. The van der Waals surface area contributed by atoms with Crippen LogP contribution in [-0.4, -0.2) is 20.9 Å². The van der Waals surface area contributed by atoms with Gasteiger partial charge in [-0.3, -0.25) is 4.79 Å². The molecule has 0 aliphatic heterocycles. The Bertz CT molecular complexity index is 561. The molecule has 0 bridgehead atoms. The minimum Gasteiger partial charge on any atom is -0.325 e. The summed E-state index contributed by atoms with van der Waals surface area (Å²) in [5.74, 6) is -0.137. The second-order valence-electron chi connectivity index (χ2n) is 4.61. The van der Waals surface area contributed by atoms with Crippen LogP contribution >= 0.6 is 0 Å². The lowest BCUT2D eigenvalue weighted by molar-refractivity contribution is -0.116. The van der Waals surface area contributed by atoms with Crippen molar-refractivity contribution < 1.29 is 4.79 Å². The van der Waals surface area contributed by atoms with Crippen molar-refractivity contribution in [2.45, 2.75) is 32.9 Å². The van der Waals surface area contributed by atoms with E-state index < -0.39 is 0 Å². The summed E-state index contributed by atoms with van der Waals surface area (Å²) in [7, 11) is 0. The highest BCUT2D eigenvalue weighted by atomic mass is 16.2. The van der Waals surface area contributed by atoms with Crippen molar-refractivity contribution in [3.63, 3.8) is 0 Å². The molecule has 0 atom stereocenters. The van der Waals surface area contributed by atoms with Gasteiger partial charge >= 0.3 is 0 Å². The van der Waals surface area contributed by atoms with E-state index in [9.17, 15) is 4.79 Å². The Balaban J connectivity index is 1.90. The van der Waals surface area contributed by atoms with Gasteiger partial charge in [-0.05, 0) is 24.1 Å². The zero-order valence-corrected chi connectivity index (χ0v) is 11.5. The van der Waals surface area contributed by atoms with Crippen LogP contribution < -0.4 is 11.1 Å². The monoisotopic (exact) mass is 273 g/mol. The molecule has 2 rings (SSSR count). The average Bonchev–Trinajstić information content (AvgIpc) is 2.89. The SMILES string of the molecule is CCCc1ccc(NC(=O)Cn2cc(CN)nn2)cc1. The Hall–Kier alpha value is -2.21. The highest BCUT2D eigenvalue weighted by molar-refractivity contribution is 5.90. The van der Waals surface area contributed by atoms with Crippen LogP contribution in [0.1, 0.15) is 24.6 Å². The topological polar surface area (TPSA) is 85.8 Å². The highest BCUT2D eigenvalue weighted by Crippen LogP contribution is 2.11. The molecule has 6 nitrogen and oxygen atoms in total. The predicted molar refractivity (Wildman–Crippen MR) is 77.0 cm³/mol. The van der Waals surface area contributed by atoms with E-state index in [0.717, 1.165) is 18.5 Å². The Morgan fingerprint density at radius 2 is 2.10 bits per heavy atom. The Morgan fingerprint density at radius 1 is 1.35 bits per heavy atom. The molecule has 0 aliphatic rings. The predicted octanol–water partition coefficient (Wildman–Crippen LogP) is 1.33. The number of hydrogen-bond donors (Lipinski definition) is 2. The summed E-state index contributed by atoms with van der Waals surface area (Å²) in [5, 5.41) is 10.5. The van der Waals surface area contributed by atoms with Crippen molar-refractivity contribution in [2.24, 2.45) is 5.73 Å².